The molecule has 20 heavy (non-hydrogen) atoms. The molecule has 1 aromatic carbocycles. The monoisotopic (exact) mass is 290 g/mol. The highest BCUT2D eigenvalue weighted by Gasteiger charge is 2.23. The van der Waals surface area contributed by atoms with Gasteiger partial charge in [-0.05, 0) is 30.6 Å². The van der Waals surface area contributed by atoms with E-state index in [0.717, 1.165) is 22.0 Å². The lowest BCUT2D eigenvalue weighted by atomic mass is 10.0. The average Bonchev–Trinajstić information content (AvgIpc) is 2.44. The highest BCUT2D eigenvalue weighted by atomic mass is 28.3. The molecule has 106 valence electrons. The summed E-state index contributed by atoms with van der Waals surface area (Å²) in [6, 6.07) is 8.90. The van der Waals surface area contributed by atoms with Gasteiger partial charge in [0.15, 0.2) is 5.69 Å². The number of hydrogen-bond donors (Lipinski definition) is 0. The van der Waals surface area contributed by atoms with Gasteiger partial charge in [-0.2, -0.15) is 4.57 Å². The van der Waals surface area contributed by atoms with Crippen molar-refractivity contribution in [2.45, 2.75) is 40.3 Å². The van der Waals surface area contributed by atoms with Crippen LogP contribution in [0, 0.1) is 20.6 Å². The number of rotatable bonds is 2. The van der Waals surface area contributed by atoms with Crippen LogP contribution in [0.4, 0.5) is 0 Å². The Kier molecular flexibility index (Phi) is 2.27. The molecule has 0 radical (unpaired) electrons. The largest absolute Gasteiger partial charge is 0.212 e. The molecule has 1 heterocycles. The van der Waals surface area contributed by atoms with Gasteiger partial charge >= 0.3 is 0 Å². The molecule has 0 saturated heterocycles. The molecule has 1 nitrogen and oxygen atoms in total. The molecular formula is C18H26NSi+. The summed E-state index contributed by atoms with van der Waals surface area (Å²) in [5, 5.41) is 1.07. The second kappa shape index (κ2) is 5.17. The highest BCUT2D eigenvalue weighted by molar-refractivity contribution is 6.88. The Morgan fingerprint density at radius 1 is 1.05 bits per heavy atom. The van der Waals surface area contributed by atoms with Gasteiger partial charge in [-0.25, -0.2) is 0 Å². The van der Waals surface area contributed by atoms with Crippen LogP contribution in [0.25, 0.3) is 11.3 Å². The summed E-state index contributed by atoms with van der Waals surface area (Å²) < 4.78 is 48.1. The van der Waals surface area contributed by atoms with Gasteiger partial charge in [0.2, 0.25) is 5.69 Å². The van der Waals surface area contributed by atoms with E-state index in [4.69, 9.17) is 8.22 Å². The zero-order valence-corrected chi connectivity index (χ0v) is 13.8. The first-order chi connectivity index (χ1) is 11.6. The first kappa shape index (κ1) is 8.78. The van der Waals surface area contributed by atoms with Crippen molar-refractivity contribution >= 4 is 13.3 Å². The van der Waals surface area contributed by atoms with Crippen molar-refractivity contribution in [1.29, 1.82) is 0 Å². The Balaban J connectivity index is 2.77. The van der Waals surface area contributed by atoms with Crippen molar-refractivity contribution in [3.8, 4) is 11.3 Å². The first-order valence-electron chi connectivity index (χ1n) is 9.79. The zero-order valence-electron chi connectivity index (χ0n) is 18.8. The molecule has 0 bridgehead atoms. The number of benzene rings is 1. The van der Waals surface area contributed by atoms with Gasteiger partial charge in [-0.15, -0.1) is 0 Å². The summed E-state index contributed by atoms with van der Waals surface area (Å²) in [5.41, 5.74) is 3.06. The molecular weight excluding hydrogens is 258 g/mol. The summed E-state index contributed by atoms with van der Waals surface area (Å²) in [5.74, 6) is 0. The standard InChI is InChI=1S/C18H26NSi/c1-13-8-9-17(14(2)10-13)18-12-16(20(5,6)7)11-15(3)19(18)4/h8-12H,1-7H3/q+1/i1D3,3D3. The Labute approximate surface area is 132 Å². The van der Waals surface area contributed by atoms with Crippen molar-refractivity contribution in [1.82, 2.24) is 0 Å². The minimum Gasteiger partial charge on any atom is -0.199 e. The lowest BCUT2D eigenvalue weighted by Crippen LogP contribution is -2.44. The number of pyridine rings is 1. The molecule has 0 aliphatic carbocycles. The van der Waals surface area contributed by atoms with Crippen LogP contribution in [0.15, 0.2) is 30.3 Å². The van der Waals surface area contributed by atoms with Crippen LogP contribution >= 0.6 is 0 Å². The van der Waals surface area contributed by atoms with E-state index in [1.54, 1.807) is 35.9 Å². The average molecular weight is 291 g/mol. The topological polar surface area (TPSA) is 3.88 Å². The number of hydrogen-bond acceptors (Lipinski definition) is 0. The molecule has 0 atom stereocenters. The Morgan fingerprint density at radius 3 is 2.35 bits per heavy atom. The van der Waals surface area contributed by atoms with Crippen LogP contribution in [0.2, 0.25) is 19.6 Å². The third-order valence-corrected chi connectivity index (χ3v) is 5.70. The van der Waals surface area contributed by atoms with Gasteiger partial charge in [-0.1, -0.05) is 37.3 Å². The number of nitrogens with zero attached hydrogens (tertiary/aromatic N) is 1. The van der Waals surface area contributed by atoms with E-state index in [0.29, 0.717) is 11.3 Å². The second-order valence-electron chi connectivity index (χ2n) is 6.35. The van der Waals surface area contributed by atoms with Crippen molar-refractivity contribution < 1.29 is 12.8 Å². The Morgan fingerprint density at radius 2 is 1.80 bits per heavy atom. The summed E-state index contributed by atoms with van der Waals surface area (Å²) in [7, 11) is 0.00988. The Bertz CT molecular complexity index is 831. The van der Waals surface area contributed by atoms with Gasteiger partial charge in [0.05, 0.1) is 8.07 Å². The van der Waals surface area contributed by atoms with Gasteiger partial charge in [-0.3, -0.25) is 0 Å². The minimum atomic E-state index is -2.22. The van der Waals surface area contributed by atoms with E-state index in [1.807, 2.05) is 6.92 Å². The molecule has 0 fully saturated rings. The third-order valence-electron chi connectivity index (χ3n) is 3.68. The maximum Gasteiger partial charge on any atom is 0.212 e. The molecule has 0 amide bonds. The Hall–Kier alpha value is -1.41. The van der Waals surface area contributed by atoms with Gasteiger partial charge in [0.25, 0.3) is 0 Å². The van der Waals surface area contributed by atoms with E-state index in [2.05, 4.69) is 25.7 Å². The van der Waals surface area contributed by atoms with Crippen molar-refractivity contribution in [2.24, 2.45) is 7.05 Å². The SMILES string of the molecule is [2H]C([2H])([2H])c1ccc(-c2cc([Si](C)(C)C)cc(C([2H])([2H])[2H])[n+]2C)c(C)c1. The first-order valence-corrected chi connectivity index (χ1v) is 10.3. The quantitative estimate of drug-likeness (QED) is 0.587. The zero-order chi connectivity index (χ0) is 20.1. The van der Waals surface area contributed by atoms with Crippen LogP contribution in [0.1, 0.15) is 25.0 Å². The lowest BCUT2D eigenvalue weighted by Gasteiger charge is -2.18. The van der Waals surface area contributed by atoms with Gasteiger partial charge in [0.1, 0.15) is 7.05 Å². The fourth-order valence-electron chi connectivity index (χ4n) is 2.30. The molecule has 1 aromatic heterocycles. The molecule has 2 rings (SSSR count). The molecule has 0 spiro atoms. The predicted octanol–water partition coefficient (Wildman–Crippen LogP) is 3.65. The van der Waals surface area contributed by atoms with E-state index >= 15 is 0 Å². The fourth-order valence-corrected chi connectivity index (χ4v) is 3.44. The van der Waals surface area contributed by atoms with E-state index in [9.17, 15) is 0 Å². The maximum atomic E-state index is 7.90. The van der Waals surface area contributed by atoms with Gasteiger partial charge < -0.3 is 0 Å². The summed E-state index contributed by atoms with van der Waals surface area (Å²) in [4.78, 5) is 0. The molecule has 0 saturated carbocycles. The molecule has 2 heteroatoms. The van der Waals surface area contributed by atoms with Crippen molar-refractivity contribution in [3.63, 3.8) is 0 Å². The smallest absolute Gasteiger partial charge is 0.199 e. The molecule has 0 aliphatic heterocycles. The second-order valence-corrected chi connectivity index (χ2v) is 11.4. The third kappa shape index (κ3) is 2.85. The maximum absolute atomic E-state index is 7.90. The van der Waals surface area contributed by atoms with Crippen molar-refractivity contribution in [2.75, 3.05) is 0 Å². The van der Waals surface area contributed by atoms with Crippen molar-refractivity contribution in [3.05, 3.63) is 47.2 Å². The number of aromatic nitrogens is 1. The van der Waals surface area contributed by atoms with E-state index < -0.39 is 21.8 Å². The summed E-state index contributed by atoms with van der Waals surface area (Å²) in [6.07, 6.45) is 0. The normalized spacial score (nSPS) is 17.4. The molecule has 0 unspecified atom stereocenters. The molecule has 2 aromatic rings. The van der Waals surface area contributed by atoms with Crippen LogP contribution in [0.3, 0.4) is 0 Å². The summed E-state index contributed by atoms with van der Waals surface area (Å²) >= 11 is 0. The summed E-state index contributed by atoms with van der Waals surface area (Å²) in [6.45, 7) is 4.03. The molecule has 0 N–H and O–H groups in total. The van der Waals surface area contributed by atoms with E-state index in [1.165, 1.54) is 0 Å². The lowest BCUT2D eigenvalue weighted by molar-refractivity contribution is -0.666. The fraction of sp³-hybridized carbons (Fsp3) is 0.389. The van der Waals surface area contributed by atoms with E-state index in [-0.39, 0.29) is 0 Å². The van der Waals surface area contributed by atoms with Crippen LogP contribution < -0.4 is 9.75 Å². The highest BCUT2D eigenvalue weighted by Crippen LogP contribution is 2.21. The minimum absolute atomic E-state index is 0.291. The van der Waals surface area contributed by atoms with Crippen LogP contribution in [-0.4, -0.2) is 8.07 Å². The number of aryl methyl sites for hydroxylation is 3. The van der Waals surface area contributed by atoms with Crippen LogP contribution in [0.5, 0.6) is 0 Å². The van der Waals surface area contributed by atoms with Crippen LogP contribution in [-0.2, 0) is 7.05 Å². The molecule has 0 aliphatic rings. The predicted molar refractivity (Wildman–Crippen MR) is 90.2 cm³/mol. The van der Waals surface area contributed by atoms with Gasteiger partial charge in [0, 0.05) is 32.8 Å².